The second-order valence-corrected chi connectivity index (χ2v) is 7.22. The van der Waals surface area contributed by atoms with Crippen LogP contribution in [-0.2, 0) is 11.2 Å². The molecule has 0 radical (unpaired) electrons. The molecule has 160 valence electrons. The molecule has 3 rings (SSSR count). The Morgan fingerprint density at radius 1 is 1.13 bits per heavy atom. The molecule has 0 bridgehead atoms. The number of benzene rings is 2. The molecule has 30 heavy (non-hydrogen) atoms. The molecule has 2 aromatic rings. The van der Waals surface area contributed by atoms with E-state index >= 15 is 0 Å². The van der Waals surface area contributed by atoms with Gasteiger partial charge in [-0.05, 0) is 68.1 Å². The van der Waals surface area contributed by atoms with Gasteiger partial charge >= 0.3 is 12.0 Å². The third-order valence-electron chi connectivity index (χ3n) is 5.06. The first kappa shape index (κ1) is 21.5. The number of aryl methyl sites for hydroxylation is 1. The summed E-state index contributed by atoms with van der Waals surface area (Å²) in [6.45, 7) is 7.11. The van der Waals surface area contributed by atoms with Crippen molar-refractivity contribution in [1.82, 2.24) is 4.90 Å². The Hall–Kier alpha value is -3.22. The molecule has 1 heterocycles. The van der Waals surface area contributed by atoms with E-state index in [2.05, 4.69) is 5.32 Å². The summed E-state index contributed by atoms with van der Waals surface area (Å²) in [5.41, 5.74) is 3.48. The van der Waals surface area contributed by atoms with Crippen molar-refractivity contribution < 1.29 is 24.2 Å². The second-order valence-electron chi connectivity index (χ2n) is 7.22. The van der Waals surface area contributed by atoms with Crippen molar-refractivity contribution in [1.29, 1.82) is 0 Å². The van der Waals surface area contributed by atoms with Crippen LogP contribution in [0.4, 0.5) is 10.5 Å². The summed E-state index contributed by atoms with van der Waals surface area (Å²) in [5.74, 6) is 0.243. The molecule has 0 aliphatic carbocycles. The smallest absolute Gasteiger partial charge is 0.322 e. The van der Waals surface area contributed by atoms with Crippen molar-refractivity contribution in [3.8, 4) is 11.5 Å². The highest BCUT2D eigenvalue weighted by atomic mass is 16.5. The van der Waals surface area contributed by atoms with Crippen molar-refractivity contribution in [2.75, 3.05) is 25.1 Å². The number of nitrogens with zero attached hydrogens (tertiary/aromatic N) is 1. The highest BCUT2D eigenvalue weighted by Crippen LogP contribution is 2.40. The van der Waals surface area contributed by atoms with Crippen molar-refractivity contribution in [2.24, 2.45) is 0 Å². The number of amides is 2. The maximum absolute atomic E-state index is 13.0. The van der Waals surface area contributed by atoms with Crippen LogP contribution in [0, 0.1) is 6.92 Å². The number of anilines is 1. The number of carboxylic acid groups (broad SMARTS) is 1. The lowest BCUT2D eigenvalue weighted by Gasteiger charge is -2.37. The van der Waals surface area contributed by atoms with Gasteiger partial charge in [0.2, 0.25) is 0 Å². The predicted molar refractivity (Wildman–Crippen MR) is 114 cm³/mol. The monoisotopic (exact) mass is 412 g/mol. The lowest BCUT2D eigenvalue weighted by Crippen LogP contribution is -2.43. The molecule has 7 nitrogen and oxygen atoms in total. The molecule has 0 spiro atoms. The lowest BCUT2D eigenvalue weighted by atomic mass is 9.90. The number of fused-ring (bicyclic) bond motifs is 1. The third kappa shape index (κ3) is 4.84. The van der Waals surface area contributed by atoms with E-state index in [1.54, 1.807) is 4.90 Å². The van der Waals surface area contributed by atoms with Crippen LogP contribution in [0.3, 0.4) is 0 Å². The fraction of sp³-hybridized carbons (Fsp3) is 0.391. The Morgan fingerprint density at radius 2 is 1.83 bits per heavy atom. The second kappa shape index (κ2) is 9.52. The van der Waals surface area contributed by atoms with Crippen LogP contribution >= 0.6 is 0 Å². The fourth-order valence-electron chi connectivity index (χ4n) is 3.79. The number of carbonyl (C=O) groups excluding carboxylic acids is 1. The fourth-order valence-corrected chi connectivity index (χ4v) is 3.79. The van der Waals surface area contributed by atoms with Crippen molar-refractivity contribution in [2.45, 2.75) is 39.7 Å². The number of nitrogens with one attached hydrogen (secondary N) is 1. The van der Waals surface area contributed by atoms with E-state index in [0.717, 1.165) is 16.7 Å². The van der Waals surface area contributed by atoms with Gasteiger partial charge in [-0.3, -0.25) is 4.79 Å². The van der Waals surface area contributed by atoms with E-state index in [4.69, 9.17) is 9.47 Å². The summed E-state index contributed by atoms with van der Waals surface area (Å²) >= 11 is 0. The molecule has 0 aromatic heterocycles. The maximum Gasteiger partial charge on any atom is 0.322 e. The Balaban J connectivity index is 1.94. The summed E-state index contributed by atoms with van der Waals surface area (Å²) in [7, 11) is 0. The van der Waals surface area contributed by atoms with Crippen LogP contribution in [0.2, 0.25) is 0 Å². The summed E-state index contributed by atoms with van der Waals surface area (Å²) in [5, 5.41) is 12.4. The van der Waals surface area contributed by atoms with Crippen LogP contribution in [0.5, 0.6) is 11.5 Å². The molecular formula is C23H28N2O5. The normalized spacial score (nSPS) is 15.3. The van der Waals surface area contributed by atoms with E-state index in [1.807, 2.05) is 57.2 Å². The van der Waals surface area contributed by atoms with Gasteiger partial charge in [0.1, 0.15) is 0 Å². The predicted octanol–water partition coefficient (Wildman–Crippen LogP) is 4.40. The summed E-state index contributed by atoms with van der Waals surface area (Å²) in [6, 6.07) is 10.3. The number of carbonyl (C=O) groups is 2. The van der Waals surface area contributed by atoms with E-state index in [-0.39, 0.29) is 12.5 Å². The number of urea groups is 1. The largest absolute Gasteiger partial charge is 0.490 e. The van der Waals surface area contributed by atoms with Crippen LogP contribution in [0.1, 0.15) is 43.0 Å². The molecule has 0 unspecified atom stereocenters. The molecule has 0 saturated heterocycles. The van der Waals surface area contributed by atoms with E-state index in [1.165, 1.54) is 0 Å². The number of ether oxygens (including phenoxy) is 2. The van der Waals surface area contributed by atoms with Gasteiger partial charge in [0, 0.05) is 12.2 Å². The Kier molecular flexibility index (Phi) is 6.82. The summed E-state index contributed by atoms with van der Waals surface area (Å²) in [4.78, 5) is 26.2. The van der Waals surface area contributed by atoms with Crippen molar-refractivity contribution in [3.05, 3.63) is 53.1 Å². The van der Waals surface area contributed by atoms with Gasteiger partial charge in [0.15, 0.2) is 11.5 Å². The Bertz CT molecular complexity index is 928. The average molecular weight is 412 g/mol. The molecule has 7 heteroatoms. The summed E-state index contributed by atoms with van der Waals surface area (Å²) < 4.78 is 11.4. The molecule has 1 aliphatic rings. The van der Waals surface area contributed by atoms with E-state index < -0.39 is 12.0 Å². The SMILES string of the molecule is CCOc1cc2c(cc1OCC)[C@H](CC(=O)O)N(C(=O)Nc1cccc(C)c1)CC2. The molecular weight excluding hydrogens is 384 g/mol. The third-order valence-corrected chi connectivity index (χ3v) is 5.06. The van der Waals surface area contributed by atoms with Gasteiger partial charge in [-0.15, -0.1) is 0 Å². The summed E-state index contributed by atoms with van der Waals surface area (Å²) in [6.07, 6.45) is 0.424. The average Bonchev–Trinajstić information content (AvgIpc) is 2.69. The first-order valence-electron chi connectivity index (χ1n) is 10.2. The first-order valence-corrected chi connectivity index (χ1v) is 10.2. The van der Waals surface area contributed by atoms with Crippen LogP contribution in [-0.4, -0.2) is 41.8 Å². The van der Waals surface area contributed by atoms with Gasteiger partial charge in [-0.2, -0.15) is 0 Å². The van der Waals surface area contributed by atoms with E-state index in [0.29, 0.717) is 43.4 Å². The first-order chi connectivity index (χ1) is 14.4. The van der Waals surface area contributed by atoms with Gasteiger partial charge in [0.25, 0.3) is 0 Å². The molecule has 0 saturated carbocycles. The Morgan fingerprint density at radius 3 is 2.47 bits per heavy atom. The minimum Gasteiger partial charge on any atom is -0.490 e. The topological polar surface area (TPSA) is 88.1 Å². The molecule has 1 atom stereocenters. The zero-order chi connectivity index (χ0) is 21.7. The molecule has 2 aromatic carbocycles. The highest BCUT2D eigenvalue weighted by Gasteiger charge is 2.34. The number of rotatable bonds is 7. The van der Waals surface area contributed by atoms with Crippen LogP contribution in [0.25, 0.3) is 0 Å². The highest BCUT2D eigenvalue weighted by molar-refractivity contribution is 5.90. The minimum absolute atomic E-state index is 0.187. The van der Waals surface area contributed by atoms with Gasteiger partial charge < -0.3 is 24.8 Å². The number of aliphatic carboxylic acids is 1. The molecule has 1 aliphatic heterocycles. The van der Waals surface area contributed by atoms with Crippen molar-refractivity contribution in [3.63, 3.8) is 0 Å². The quantitative estimate of drug-likeness (QED) is 0.704. The molecule has 0 fully saturated rings. The zero-order valence-corrected chi connectivity index (χ0v) is 17.6. The van der Waals surface area contributed by atoms with Gasteiger partial charge in [-0.1, -0.05) is 12.1 Å². The van der Waals surface area contributed by atoms with Crippen LogP contribution < -0.4 is 14.8 Å². The lowest BCUT2D eigenvalue weighted by molar-refractivity contribution is -0.138. The standard InChI is InChI=1S/C23H28N2O5/c1-4-29-20-12-16-9-10-25(23(28)24-17-8-6-7-15(3)11-17)19(14-22(26)27)18(16)13-21(20)30-5-2/h6-8,11-13,19H,4-5,9-10,14H2,1-3H3,(H,24,28)(H,26,27)/t19-/m0/s1. The van der Waals surface area contributed by atoms with Gasteiger partial charge in [0.05, 0.1) is 25.7 Å². The number of hydrogen-bond donors (Lipinski definition) is 2. The molecule has 2 amide bonds. The van der Waals surface area contributed by atoms with Crippen molar-refractivity contribution >= 4 is 17.7 Å². The van der Waals surface area contributed by atoms with E-state index in [9.17, 15) is 14.7 Å². The minimum atomic E-state index is -0.965. The Labute approximate surface area is 176 Å². The van der Waals surface area contributed by atoms with Crippen LogP contribution in [0.15, 0.2) is 36.4 Å². The van der Waals surface area contributed by atoms with Gasteiger partial charge in [-0.25, -0.2) is 4.79 Å². The zero-order valence-electron chi connectivity index (χ0n) is 17.6. The number of carboxylic acids is 1. The maximum atomic E-state index is 13.0. The molecule has 2 N–H and O–H groups in total. The number of hydrogen-bond acceptors (Lipinski definition) is 4.